The van der Waals surface area contributed by atoms with Gasteiger partial charge in [0.25, 0.3) is 6.43 Å². The van der Waals surface area contributed by atoms with E-state index >= 15 is 0 Å². The Bertz CT molecular complexity index is 260. The maximum atomic E-state index is 11.9. The molecule has 1 heterocycles. The number of hydrogen-bond donors (Lipinski definition) is 0. The van der Waals surface area contributed by atoms with Gasteiger partial charge >= 0.3 is 0 Å². The topological polar surface area (TPSA) is 17.8 Å². The van der Waals surface area contributed by atoms with Crippen LogP contribution >= 0.6 is 11.6 Å². The third kappa shape index (κ3) is 2.17. The zero-order valence-electron chi connectivity index (χ0n) is 6.60. The number of nitrogens with zero attached hydrogens (tertiary/aromatic N) is 2. The van der Waals surface area contributed by atoms with E-state index in [0.29, 0.717) is 11.6 Å². The normalized spacial score (nSPS) is 11.1. The lowest BCUT2D eigenvalue weighted by atomic mass is 10.3. The Kier molecular flexibility index (Phi) is 3.03. The predicted octanol–water partition coefficient (Wildman–Crippen LogP) is 2.20. The number of aryl methyl sites for hydroxylation is 1. The smallest absolute Gasteiger partial charge is 0.257 e. The molecule has 0 N–H and O–H groups in total. The Morgan fingerprint density at radius 1 is 1.67 bits per heavy atom. The minimum Gasteiger partial charge on any atom is -0.266 e. The fraction of sp³-hybridized carbons (Fsp3) is 0.571. The molecule has 0 unspecified atom stereocenters. The monoisotopic (exact) mass is 194 g/mol. The van der Waals surface area contributed by atoms with Crippen molar-refractivity contribution in [1.29, 1.82) is 0 Å². The predicted molar refractivity (Wildman–Crippen MR) is 42.5 cm³/mol. The van der Waals surface area contributed by atoms with Gasteiger partial charge in [-0.1, -0.05) is 0 Å². The van der Waals surface area contributed by atoms with Gasteiger partial charge in [-0.2, -0.15) is 5.10 Å². The molecule has 0 saturated carbocycles. The maximum absolute atomic E-state index is 11.9. The lowest BCUT2D eigenvalue weighted by Crippen LogP contribution is -2.06. The Balaban J connectivity index is 2.75. The zero-order chi connectivity index (χ0) is 9.14. The molecular weight excluding hydrogens is 186 g/mol. The molecule has 1 rings (SSSR count). The number of rotatable bonds is 3. The summed E-state index contributed by atoms with van der Waals surface area (Å²) < 4.78 is 25.0. The first kappa shape index (κ1) is 9.45. The van der Waals surface area contributed by atoms with E-state index in [4.69, 9.17) is 11.6 Å². The first-order chi connectivity index (χ1) is 5.63. The van der Waals surface area contributed by atoms with Crippen LogP contribution in [0.15, 0.2) is 6.20 Å². The third-order valence-corrected chi connectivity index (χ3v) is 1.80. The molecule has 68 valence electrons. The van der Waals surface area contributed by atoms with Crippen molar-refractivity contribution in [2.45, 2.75) is 25.8 Å². The molecule has 1 aromatic heterocycles. The molecule has 1 aromatic rings. The molecule has 5 heteroatoms. The summed E-state index contributed by atoms with van der Waals surface area (Å²) in [6, 6.07) is 0. The highest BCUT2D eigenvalue weighted by atomic mass is 35.5. The molecule has 0 fully saturated rings. The lowest BCUT2D eigenvalue weighted by molar-refractivity contribution is 0.121. The van der Waals surface area contributed by atoms with Crippen molar-refractivity contribution in [3.8, 4) is 0 Å². The fourth-order valence-corrected chi connectivity index (χ4v) is 1.19. The van der Waals surface area contributed by atoms with E-state index in [1.807, 2.05) is 0 Å². The van der Waals surface area contributed by atoms with Gasteiger partial charge in [0.1, 0.15) is 6.54 Å². The van der Waals surface area contributed by atoms with Crippen molar-refractivity contribution >= 4 is 11.6 Å². The lowest BCUT2D eigenvalue weighted by Gasteiger charge is -1.97. The van der Waals surface area contributed by atoms with Gasteiger partial charge < -0.3 is 0 Å². The van der Waals surface area contributed by atoms with E-state index in [0.717, 1.165) is 5.56 Å². The van der Waals surface area contributed by atoms with Crippen LogP contribution in [-0.4, -0.2) is 16.2 Å². The zero-order valence-corrected chi connectivity index (χ0v) is 7.35. The molecule has 2 nitrogen and oxygen atoms in total. The van der Waals surface area contributed by atoms with Crippen molar-refractivity contribution in [3.05, 3.63) is 17.5 Å². The van der Waals surface area contributed by atoms with E-state index < -0.39 is 6.43 Å². The van der Waals surface area contributed by atoms with E-state index in [1.165, 1.54) is 4.68 Å². The maximum Gasteiger partial charge on any atom is 0.257 e. The molecule has 0 bridgehead atoms. The minimum atomic E-state index is -2.37. The summed E-state index contributed by atoms with van der Waals surface area (Å²) in [6.07, 6.45) is -0.818. The second-order valence-electron chi connectivity index (χ2n) is 2.49. The number of aromatic nitrogens is 2. The highest BCUT2D eigenvalue weighted by molar-refractivity contribution is 6.17. The number of halogens is 3. The minimum absolute atomic E-state index is 0.315. The van der Waals surface area contributed by atoms with Crippen LogP contribution in [-0.2, 0) is 12.4 Å². The van der Waals surface area contributed by atoms with E-state index in [-0.39, 0.29) is 6.54 Å². The van der Waals surface area contributed by atoms with E-state index in [2.05, 4.69) is 5.10 Å². The van der Waals surface area contributed by atoms with Crippen LogP contribution < -0.4 is 0 Å². The first-order valence-electron chi connectivity index (χ1n) is 3.50. The largest absolute Gasteiger partial charge is 0.266 e. The van der Waals surface area contributed by atoms with E-state index in [1.54, 1.807) is 13.1 Å². The molecule has 0 saturated heterocycles. The van der Waals surface area contributed by atoms with Crippen LogP contribution in [0.3, 0.4) is 0 Å². The standard InChI is InChI=1S/C7H9ClF2N2/c1-5-6(2-8)3-12(11-5)4-7(9)10/h3,7H,2,4H2,1H3. The average molecular weight is 195 g/mol. The molecule has 0 aromatic carbocycles. The van der Waals surface area contributed by atoms with Gasteiger partial charge in [0.2, 0.25) is 0 Å². The Hall–Kier alpha value is -0.640. The molecule has 0 amide bonds. The summed E-state index contributed by atoms with van der Waals surface area (Å²) in [5.74, 6) is 0.315. The summed E-state index contributed by atoms with van der Waals surface area (Å²) in [7, 11) is 0. The van der Waals surface area contributed by atoms with Crippen molar-refractivity contribution in [2.24, 2.45) is 0 Å². The van der Waals surface area contributed by atoms with E-state index in [9.17, 15) is 8.78 Å². The van der Waals surface area contributed by atoms with Crippen LogP contribution in [0.25, 0.3) is 0 Å². The second-order valence-corrected chi connectivity index (χ2v) is 2.75. The van der Waals surface area contributed by atoms with Gasteiger partial charge in [0, 0.05) is 11.8 Å². The summed E-state index contributed by atoms with van der Waals surface area (Å²) >= 11 is 5.54. The van der Waals surface area contributed by atoms with Crippen LogP contribution in [0.2, 0.25) is 0 Å². The summed E-state index contributed by atoms with van der Waals surface area (Å²) in [5, 5.41) is 3.87. The summed E-state index contributed by atoms with van der Waals surface area (Å²) in [6.45, 7) is 1.39. The Labute approximate surface area is 74.1 Å². The van der Waals surface area contributed by atoms with Crippen molar-refractivity contribution < 1.29 is 8.78 Å². The van der Waals surface area contributed by atoms with Crippen molar-refractivity contribution in [2.75, 3.05) is 0 Å². The van der Waals surface area contributed by atoms with Gasteiger partial charge in [-0.25, -0.2) is 8.78 Å². The van der Waals surface area contributed by atoms with Crippen LogP contribution in [0.5, 0.6) is 0 Å². The van der Waals surface area contributed by atoms with Gasteiger partial charge in [-0.3, -0.25) is 4.68 Å². The van der Waals surface area contributed by atoms with Crippen LogP contribution in [0.1, 0.15) is 11.3 Å². The molecule has 0 radical (unpaired) electrons. The van der Waals surface area contributed by atoms with Crippen LogP contribution in [0, 0.1) is 6.92 Å². The second kappa shape index (κ2) is 3.85. The Morgan fingerprint density at radius 3 is 2.75 bits per heavy atom. The highest BCUT2D eigenvalue weighted by Crippen LogP contribution is 2.09. The SMILES string of the molecule is Cc1nn(CC(F)F)cc1CCl. The highest BCUT2D eigenvalue weighted by Gasteiger charge is 2.07. The summed E-state index contributed by atoms with van der Waals surface area (Å²) in [5.41, 5.74) is 1.52. The van der Waals surface area contributed by atoms with Gasteiger partial charge in [-0.05, 0) is 6.92 Å². The third-order valence-electron chi connectivity index (χ3n) is 1.52. The van der Waals surface area contributed by atoms with Gasteiger partial charge in [0.05, 0.1) is 11.6 Å². The average Bonchev–Trinajstić information content (AvgIpc) is 2.29. The Morgan fingerprint density at radius 2 is 2.33 bits per heavy atom. The molecule has 0 spiro atoms. The number of hydrogen-bond acceptors (Lipinski definition) is 1. The van der Waals surface area contributed by atoms with Crippen molar-refractivity contribution in [1.82, 2.24) is 9.78 Å². The molecular formula is C7H9ClF2N2. The van der Waals surface area contributed by atoms with Gasteiger partial charge in [-0.15, -0.1) is 11.6 Å². The summed E-state index contributed by atoms with van der Waals surface area (Å²) in [4.78, 5) is 0. The van der Waals surface area contributed by atoms with Gasteiger partial charge in [0.15, 0.2) is 0 Å². The molecule has 12 heavy (non-hydrogen) atoms. The molecule has 0 aliphatic carbocycles. The molecule has 0 aliphatic heterocycles. The molecule has 0 atom stereocenters. The quantitative estimate of drug-likeness (QED) is 0.675. The van der Waals surface area contributed by atoms with Crippen LogP contribution in [0.4, 0.5) is 8.78 Å². The fourth-order valence-electron chi connectivity index (χ4n) is 0.925. The molecule has 0 aliphatic rings. The number of alkyl halides is 3. The van der Waals surface area contributed by atoms with Crippen molar-refractivity contribution in [3.63, 3.8) is 0 Å². The first-order valence-corrected chi connectivity index (χ1v) is 4.04.